The van der Waals surface area contributed by atoms with Crippen LogP contribution in [0.5, 0.6) is 0 Å². The van der Waals surface area contributed by atoms with Crippen LogP contribution in [0.25, 0.3) is 0 Å². The van der Waals surface area contributed by atoms with Gasteiger partial charge in [-0.3, -0.25) is 4.55 Å². The van der Waals surface area contributed by atoms with Crippen LogP contribution in [0, 0.1) is 0 Å². The predicted octanol–water partition coefficient (Wildman–Crippen LogP) is 1.85. The van der Waals surface area contributed by atoms with Gasteiger partial charge in [-0.05, 0) is 48.1 Å². The van der Waals surface area contributed by atoms with Crippen molar-refractivity contribution < 1.29 is 70.3 Å². The quantitative estimate of drug-likeness (QED) is 0.257. The fraction of sp³-hybridized carbons (Fsp3) is 0.100. The fourth-order valence-corrected chi connectivity index (χ4v) is 6.30. The van der Waals surface area contributed by atoms with Gasteiger partial charge in [-0.25, -0.2) is 0 Å². The van der Waals surface area contributed by atoms with Crippen LogP contribution in [0.3, 0.4) is 0 Å². The topological polar surface area (TPSA) is 54.4 Å². The van der Waals surface area contributed by atoms with Crippen LogP contribution in [0.1, 0.15) is 12.6 Å². The van der Waals surface area contributed by atoms with Crippen LogP contribution in [-0.4, -0.2) is 13.0 Å². The van der Waals surface area contributed by atoms with Gasteiger partial charge in [0.2, 0.25) is 0 Å². The fourth-order valence-electron chi connectivity index (χ4n) is 3.01. The summed E-state index contributed by atoms with van der Waals surface area (Å²) in [5, 5.41) is -0.943. The number of benzene rings is 3. The molecule has 0 saturated heterocycles. The number of halogens is 6. The maximum atomic E-state index is 13.7. The average molecular weight is 502 g/mol. The standard InChI is InChI=1S/C20H13F6O3PS.Na.H/c21-19(22,23)15-8-1-3-10-17(15)30(13-6-5-7-14(12-13)31(27,28)29)18-11-4-2-9-16(18)20(24,25)26;;/h1-12H,(H,27,28,29);;/q;+1;-1. The maximum absolute atomic E-state index is 13.7. The smallest absolute Gasteiger partial charge is 1.00 e. The first kappa shape index (κ1) is 26.8. The van der Waals surface area contributed by atoms with Crippen molar-refractivity contribution in [2.24, 2.45) is 0 Å². The summed E-state index contributed by atoms with van der Waals surface area (Å²) < 4.78 is 115. The molecule has 3 rings (SSSR count). The SMILES string of the molecule is O=S(=O)(O)c1cccc(P(c2ccccc2C(F)(F)F)c2ccccc2C(F)(F)F)c1.[H-].[Na+]. The van der Waals surface area contributed by atoms with Crippen LogP contribution in [0.4, 0.5) is 26.3 Å². The monoisotopic (exact) mass is 502 g/mol. The molecule has 0 atom stereocenters. The first-order valence-electron chi connectivity index (χ1n) is 8.50. The van der Waals surface area contributed by atoms with E-state index in [2.05, 4.69) is 0 Å². The van der Waals surface area contributed by atoms with Crippen LogP contribution in [0.2, 0.25) is 0 Å². The van der Waals surface area contributed by atoms with E-state index in [4.69, 9.17) is 0 Å². The van der Waals surface area contributed by atoms with E-state index in [-0.39, 0.29) is 36.3 Å². The summed E-state index contributed by atoms with van der Waals surface area (Å²) in [5.41, 5.74) is -2.26. The number of alkyl halides is 6. The third kappa shape index (κ3) is 5.92. The number of rotatable bonds is 4. The van der Waals surface area contributed by atoms with Gasteiger partial charge in [0, 0.05) is 0 Å². The van der Waals surface area contributed by atoms with Crippen molar-refractivity contribution in [1.29, 1.82) is 0 Å². The summed E-state index contributed by atoms with van der Waals surface area (Å²) in [6, 6.07) is 12.7. The molecule has 0 aromatic heterocycles. The van der Waals surface area contributed by atoms with Gasteiger partial charge in [-0.2, -0.15) is 34.8 Å². The van der Waals surface area contributed by atoms with E-state index in [1.54, 1.807) is 0 Å². The van der Waals surface area contributed by atoms with Gasteiger partial charge in [0.15, 0.2) is 0 Å². The molecule has 0 aliphatic heterocycles. The molecule has 3 aromatic carbocycles. The minimum Gasteiger partial charge on any atom is -1.00 e. The van der Waals surface area contributed by atoms with E-state index in [9.17, 15) is 39.3 Å². The predicted molar refractivity (Wildman–Crippen MR) is 106 cm³/mol. The number of hydrogen-bond acceptors (Lipinski definition) is 2. The molecule has 3 nitrogen and oxygen atoms in total. The molecule has 1 N–H and O–H groups in total. The Kier molecular flexibility index (Phi) is 8.24. The second kappa shape index (κ2) is 9.83. The summed E-state index contributed by atoms with van der Waals surface area (Å²) in [7, 11) is -7.23. The molecule has 12 heteroatoms. The average Bonchev–Trinajstić information content (AvgIpc) is 2.67. The van der Waals surface area contributed by atoms with Crippen molar-refractivity contribution in [3.8, 4) is 0 Å². The number of hydrogen-bond donors (Lipinski definition) is 1. The molecule has 0 aliphatic carbocycles. The van der Waals surface area contributed by atoms with Gasteiger partial charge in [0.1, 0.15) is 0 Å². The van der Waals surface area contributed by atoms with Crippen molar-refractivity contribution in [2.45, 2.75) is 17.2 Å². The Morgan fingerprint density at radius 3 is 1.56 bits per heavy atom. The van der Waals surface area contributed by atoms with Crippen molar-refractivity contribution in [2.75, 3.05) is 0 Å². The molecule has 0 bridgehead atoms. The molecule has 0 aliphatic rings. The van der Waals surface area contributed by atoms with Crippen LogP contribution in [-0.2, 0) is 22.5 Å². The summed E-state index contributed by atoms with van der Waals surface area (Å²) in [4.78, 5) is -0.633. The third-order valence-corrected chi connectivity index (χ3v) is 7.66. The summed E-state index contributed by atoms with van der Waals surface area (Å²) in [6.45, 7) is 0. The molecule has 0 amide bonds. The zero-order valence-corrected chi connectivity index (χ0v) is 20.0. The first-order chi connectivity index (χ1) is 14.3. The summed E-state index contributed by atoms with van der Waals surface area (Å²) in [6.07, 6.45) is -9.71. The van der Waals surface area contributed by atoms with Crippen molar-refractivity contribution in [1.82, 2.24) is 0 Å². The van der Waals surface area contributed by atoms with Gasteiger partial charge < -0.3 is 1.43 Å². The van der Waals surface area contributed by atoms with Gasteiger partial charge >= 0.3 is 41.9 Å². The molecular formula is C20H14F6NaO3PS. The summed E-state index contributed by atoms with van der Waals surface area (Å²) in [5.74, 6) is 0. The van der Waals surface area contributed by atoms with Gasteiger partial charge in [0.25, 0.3) is 10.1 Å². The van der Waals surface area contributed by atoms with E-state index < -0.39 is 57.0 Å². The van der Waals surface area contributed by atoms with Gasteiger partial charge in [-0.1, -0.05) is 48.5 Å². The normalized spacial score (nSPS) is 12.5. The molecule has 166 valence electrons. The van der Waals surface area contributed by atoms with Crippen LogP contribution >= 0.6 is 7.92 Å². The molecule has 0 heterocycles. The molecule has 32 heavy (non-hydrogen) atoms. The Morgan fingerprint density at radius 1 is 0.719 bits per heavy atom. The minimum absolute atomic E-state index is 0. The van der Waals surface area contributed by atoms with Crippen LogP contribution < -0.4 is 45.5 Å². The Balaban J connectivity index is 0.00000272. The molecule has 0 saturated carbocycles. The van der Waals surface area contributed by atoms with Crippen molar-refractivity contribution >= 4 is 34.0 Å². The molecule has 0 radical (unpaired) electrons. The van der Waals surface area contributed by atoms with E-state index in [1.807, 2.05) is 0 Å². The van der Waals surface area contributed by atoms with Crippen LogP contribution in [0.15, 0.2) is 77.7 Å². The zero-order valence-electron chi connectivity index (χ0n) is 17.3. The van der Waals surface area contributed by atoms with E-state index in [0.29, 0.717) is 0 Å². The Morgan fingerprint density at radius 2 is 1.16 bits per heavy atom. The third-order valence-electron chi connectivity index (χ3n) is 4.27. The van der Waals surface area contributed by atoms with E-state index in [1.165, 1.54) is 18.2 Å². The molecule has 3 aromatic rings. The second-order valence-electron chi connectivity index (χ2n) is 6.34. The molecular weight excluding hydrogens is 488 g/mol. The molecule has 0 fully saturated rings. The molecule has 0 unspecified atom stereocenters. The van der Waals surface area contributed by atoms with E-state index >= 15 is 0 Å². The van der Waals surface area contributed by atoms with Crippen molar-refractivity contribution in [3.63, 3.8) is 0 Å². The summed E-state index contributed by atoms with van der Waals surface area (Å²) >= 11 is 0. The van der Waals surface area contributed by atoms with Gasteiger partial charge in [0.05, 0.1) is 16.0 Å². The Bertz CT molecular complexity index is 1160. The first-order valence-corrected chi connectivity index (χ1v) is 11.3. The Labute approximate surface area is 204 Å². The largest absolute Gasteiger partial charge is 1.00 e. The second-order valence-corrected chi connectivity index (χ2v) is 9.91. The Hall–Kier alpha value is -1.42. The molecule has 0 spiro atoms. The maximum Gasteiger partial charge on any atom is 1.00 e. The van der Waals surface area contributed by atoms with Crippen molar-refractivity contribution in [3.05, 3.63) is 83.9 Å². The zero-order chi connectivity index (χ0) is 23.0. The minimum atomic E-state index is -4.86. The van der Waals surface area contributed by atoms with Gasteiger partial charge in [-0.15, -0.1) is 0 Å². The van der Waals surface area contributed by atoms with E-state index in [0.717, 1.165) is 54.6 Å².